The van der Waals surface area contributed by atoms with Crippen LogP contribution in [0.1, 0.15) is 44.1 Å². The van der Waals surface area contributed by atoms with Gasteiger partial charge in [-0.2, -0.15) is 4.99 Å². The van der Waals surface area contributed by atoms with Gasteiger partial charge in [0.1, 0.15) is 0 Å². The number of rotatable bonds is 2. The molecule has 1 aromatic carbocycles. The minimum Gasteiger partial charge on any atom is -0.489 e. The smallest absolute Gasteiger partial charge is 0.235 e. The third kappa shape index (κ3) is 2.27. The number of carbonyl (C=O) groups excluding carboxylic acids is 1. The van der Waals surface area contributed by atoms with E-state index >= 15 is 0 Å². The van der Waals surface area contributed by atoms with E-state index in [1.807, 2.05) is 12.1 Å². The van der Waals surface area contributed by atoms with E-state index in [-0.39, 0.29) is 5.41 Å². The third-order valence-corrected chi connectivity index (χ3v) is 5.84. The lowest BCUT2D eigenvalue weighted by molar-refractivity contribution is 0.196. The highest BCUT2D eigenvalue weighted by Crippen LogP contribution is 2.52. The molecule has 1 aliphatic heterocycles. The Morgan fingerprint density at radius 2 is 1.82 bits per heavy atom. The van der Waals surface area contributed by atoms with Gasteiger partial charge in [0.25, 0.3) is 0 Å². The maximum atomic E-state index is 10.9. The van der Waals surface area contributed by atoms with E-state index in [1.54, 1.807) is 6.08 Å². The first-order valence-corrected chi connectivity index (χ1v) is 8.64. The molecule has 0 aromatic heterocycles. The van der Waals surface area contributed by atoms with Crippen molar-refractivity contribution in [3.63, 3.8) is 0 Å². The fourth-order valence-corrected chi connectivity index (χ4v) is 4.12. The van der Waals surface area contributed by atoms with E-state index in [9.17, 15) is 4.79 Å². The molecule has 22 heavy (non-hydrogen) atoms. The first kappa shape index (κ1) is 14.3. The van der Waals surface area contributed by atoms with E-state index in [1.165, 1.54) is 12.8 Å². The number of nitrogens with zero attached hydrogens (tertiary/aromatic N) is 1. The lowest BCUT2D eigenvalue weighted by Gasteiger charge is -2.24. The van der Waals surface area contributed by atoms with Gasteiger partial charge in [-0.25, -0.2) is 4.79 Å². The fourth-order valence-electron chi connectivity index (χ4n) is 3.56. The molecule has 1 spiro atoms. The van der Waals surface area contributed by atoms with Gasteiger partial charge in [0.05, 0.1) is 23.2 Å². The van der Waals surface area contributed by atoms with E-state index in [2.05, 4.69) is 20.9 Å². The lowest BCUT2D eigenvalue weighted by Crippen LogP contribution is -2.19. The van der Waals surface area contributed by atoms with Gasteiger partial charge in [-0.15, -0.1) is 0 Å². The number of halogens is 1. The average molecular weight is 364 g/mol. The SMILES string of the molecule is O=C=NC1(c2cc(Br)c3c(c2)OCC2(CC2)CO3)CCCC1. The van der Waals surface area contributed by atoms with Gasteiger partial charge < -0.3 is 9.47 Å². The Hall–Kier alpha value is -1.32. The van der Waals surface area contributed by atoms with E-state index < -0.39 is 5.54 Å². The first-order chi connectivity index (χ1) is 10.7. The minimum atomic E-state index is -0.438. The van der Waals surface area contributed by atoms with Crippen molar-refractivity contribution in [3.05, 3.63) is 22.2 Å². The van der Waals surface area contributed by atoms with Gasteiger partial charge in [-0.1, -0.05) is 12.8 Å². The Labute approximate surface area is 138 Å². The summed E-state index contributed by atoms with van der Waals surface area (Å²) in [5, 5.41) is 0. The van der Waals surface area contributed by atoms with Crippen molar-refractivity contribution in [1.82, 2.24) is 0 Å². The normalized spacial score (nSPS) is 23.7. The van der Waals surface area contributed by atoms with Crippen LogP contribution in [0.3, 0.4) is 0 Å². The van der Waals surface area contributed by atoms with Crippen LogP contribution in [0.4, 0.5) is 0 Å². The third-order valence-electron chi connectivity index (χ3n) is 5.25. The zero-order valence-corrected chi connectivity index (χ0v) is 13.9. The molecule has 0 unspecified atom stereocenters. The Morgan fingerprint density at radius 1 is 1.09 bits per heavy atom. The molecule has 0 amide bonds. The zero-order chi connectivity index (χ0) is 15.2. The molecule has 0 bridgehead atoms. The molecule has 116 valence electrons. The zero-order valence-electron chi connectivity index (χ0n) is 12.4. The van der Waals surface area contributed by atoms with Crippen LogP contribution in [0.25, 0.3) is 0 Å². The maximum absolute atomic E-state index is 10.9. The molecule has 0 atom stereocenters. The van der Waals surface area contributed by atoms with E-state index in [4.69, 9.17) is 9.47 Å². The number of aliphatic imine (C=N–C) groups is 1. The van der Waals surface area contributed by atoms with Gasteiger partial charge in [0.2, 0.25) is 6.08 Å². The van der Waals surface area contributed by atoms with Crippen LogP contribution >= 0.6 is 15.9 Å². The lowest BCUT2D eigenvalue weighted by atomic mass is 9.88. The topological polar surface area (TPSA) is 47.9 Å². The molecule has 1 aromatic rings. The van der Waals surface area contributed by atoms with Gasteiger partial charge >= 0.3 is 0 Å². The van der Waals surface area contributed by atoms with Gasteiger partial charge in [0.15, 0.2) is 11.5 Å². The van der Waals surface area contributed by atoms with Crippen LogP contribution in [-0.4, -0.2) is 19.3 Å². The van der Waals surface area contributed by atoms with Crippen molar-refractivity contribution in [3.8, 4) is 11.5 Å². The van der Waals surface area contributed by atoms with Gasteiger partial charge in [-0.05, 0) is 59.3 Å². The average Bonchev–Trinajstić information content (AvgIpc) is 3.18. The first-order valence-electron chi connectivity index (χ1n) is 7.85. The van der Waals surface area contributed by atoms with Gasteiger partial charge in [-0.3, -0.25) is 0 Å². The summed E-state index contributed by atoms with van der Waals surface area (Å²) in [5.41, 5.74) is 0.797. The van der Waals surface area contributed by atoms with Crippen molar-refractivity contribution >= 4 is 22.0 Å². The summed E-state index contributed by atoms with van der Waals surface area (Å²) in [6.45, 7) is 1.43. The predicted molar refractivity (Wildman–Crippen MR) is 85.1 cm³/mol. The number of hydrogen-bond donors (Lipinski definition) is 0. The Morgan fingerprint density at radius 3 is 2.50 bits per heavy atom. The summed E-state index contributed by atoms with van der Waals surface area (Å²) < 4.78 is 12.9. The molecular formula is C17H18BrNO3. The fraction of sp³-hybridized carbons (Fsp3) is 0.588. The Bertz CT molecular complexity index is 656. The summed E-state index contributed by atoms with van der Waals surface area (Å²) in [7, 11) is 0. The molecule has 2 fully saturated rings. The molecular weight excluding hydrogens is 346 g/mol. The van der Waals surface area contributed by atoms with Crippen molar-refractivity contribution < 1.29 is 14.3 Å². The van der Waals surface area contributed by atoms with Crippen molar-refractivity contribution in [1.29, 1.82) is 0 Å². The van der Waals surface area contributed by atoms with Crippen molar-refractivity contribution in [2.75, 3.05) is 13.2 Å². The minimum absolute atomic E-state index is 0.213. The number of isocyanates is 1. The molecule has 3 aliphatic rings. The van der Waals surface area contributed by atoms with Crippen LogP contribution in [-0.2, 0) is 10.3 Å². The van der Waals surface area contributed by atoms with Crippen LogP contribution in [0.2, 0.25) is 0 Å². The quantitative estimate of drug-likeness (QED) is 0.586. The summed E-state index contributed by atoms with van der Waals surface area (Å²) >= 11 is 3.60. The number of hydrogen-bond acceptors (Lipinski definition) is 4. The molecule has 4 rings (SSSR count). The molecule has 2 saturated carbocycles. The Kier molecular flexibility index (Phi) is 3.31. The summed E-state index contributed by atoms with van der Waals surface area (Å²) in [6, 6.07) is 4.03. The van der Waals surface area contributed by atoms with Crippen molar-refractivity contribution in [2.24, 2.45) is 10.4 Å². The predicted octanol–water partition coefficient (Wildman–Crippen LogP) is 4.11. The highest BCUT2D eigenvalue weighted by Gasteiger charge is 2.46. The summed E-state index contributed by atoms with van der Waals surface area (Å²) in [5.74, 6) is 1.54. The summed E-state index contributed by atoms with van der Waals surface area (Å²) in [6.07, 6.45) is 8.06. The van der Waals surface area contributed by atoms with E-state index in [0.29, 0.717) is 6.61 Å². The molecule has 1 heterocycles. The van der Waals surface area contributed by atoms with Crippen LogP contribution in [0.5, 0.6) is 11.5 Å². The molecule has 2 aliphatic carbocycles. The molecule has 0 N–H and O–H groups in total. The molecule has 4 nitrogen and oxygen atoms in total. The highest BCUT2D eigenvalue weighted by molar-refractivity contribution is 9.10. The van der Waals surface area contributed by atoms with Crippen molar-refractivity contribution in [2.45, 2.75) is 44.1 Å². The largest absolute Gasteiger partial charge is 0.489 e. The van der Waals surface area contributed by atoms with E-state index in [0.717, 1.165) is 53.8 Å². The molecule has 0 radical (unpaired) electrons. The van der Waals surface area contributed by atoms with Crippen LogP contribution in [0, 0.1) is 5.41 Å². The summed E-state index contributed by atoms with van der Waals surface area (Å²) in [4.78, 5) is 15.1. The Balaban J connectivity index is 1.75. The second-order valence-electron chi connectivity index (χ2n) is 6.80. The number of benzene rings is 1. The number of ether oxygens (including phenoxy) is 2. The highest BCUT2D eigenvalue weighted by atomic mass is 79.9. The molecule has 0 saturated heterocycles. The molecule has 5 heteroatoms. The van der Waals surface area contributed by atoms with Crippen LogP contribution < -0.4 is 9.47 Å². The number of fused-ring (bicyclic) bond motifs is 1. The monoisotopic (exact) mass is 363 g/mol. The second-order valence-corrected chi connectivity index (χ2v) is 7.66. The maximum Gasteiger partial charge on any atom is 0.235 e. The standard InChI is InChI=1S/C17H18BrNO3/c18-13-7-12(17(19-11-20)3-1-2-4-17)8-14-15(13)22-10-16(5-6-16)9-21-14/h7-8H,1-6,9-10H2. The van der Waals surface area contributed by atoms with Crippen LogP contribution in [0.15, 0.2) is 21.6 Å². The van der Waals surface area contributed by atoms with Gasteiger partial charge in [0, 0.05) is 5.41 Å². The second kappa shape index (κ2) is 5.10.